The number of hydrogen-bond donors (Lipinski definition) is 1. The number of amides is 2. The number of rotatable bonds is 11. The third-order valence-electron chi connectivity index (χ3n) is 4.51. The monoisotopic (exact) mass is 422 g/mol. The summed E-state index contributed by atoms with van der Waals surface area (Å²) in [4.78, 5) is 39.0. The molecule has 8 nitrogen and oxygen atoms in total. The van der Waals surface area contributed by atoms with Gasteiger partial charge in [0, 0.05) is 13.7 Å². The standard InChI is InChI=1S/C22H34N2O6/c1-16(2)19(20(26)23-15-22(3,4)30-21(27)29-6)24(12-13-28-5)18(25)14-17-10-8-7-9-11-17/h7-11,16,19H,12-15H2,1-6H3,(H,23,26). The normalized spacial score (nSPS) is 12.2. The zero-order chi connectivity index (χ0) is 22.7. The largest absolute Gasteiger partial charge is 0.508 e. The van der Waals surface area contributed by atoms with E-state index in [9.17, 15) is 14.4 Å². The van der Waals surface area contributed by atoms with E-state index in [0.717, 1.165) is 5.56 Å². The van der Waals surface area contributed by atoms with Crippen molar-refractivity contribution in [1.82, 2.24) is 10.2 Å². The van der Waals surface area contributed by atoms with E-state index in [-0.39, 0.29) is 30.7 Å². The maximum absolute atomic E-state index is 13.1. The molecule has 0 radical (unpaired) electrons. The van der Waals surface area contributed by atoms with Gasteiger partial charge >= 0.3 is 6.16 Å². The van der Waals surface area contributed by atoms with Crippen LogP contribution >= 0.6 is 0 Å². The van der Waals surface area contributed by atoms with Crippen molar-refractivity contribution in [3.05, 3.63) is 35.9 Å². The lowest BCUT2D eigenvalue weighted by Crippen LogP contribution is -2.55. The van der Waals surface area contributed by atoms with Gasteiger partial charge < -0.3 is 24.4 Å². The molecule has 2 amide bonds. The summed E-state index contributed by atoms with van der Waals surface area (Å²) in [6.07, 6.45) is -0.632. The fourth-order valence-corrected chi connectivity index (χ4v) is 2.99. The van der Waals surface area contributed by atoms with E-state index in [1.165, 1.54) is 7.11 Å². The van der Waals surface area contributed by atoms with Gasteiger partial charge in [0.2, 0.25) is 11.8 Å². The number of carbonyl (C=O) groups excluding carboxylic acids is 3. The molecular weight excluding hydrogens is 388 g/mol. The van der Waals surface area contributed by atoms with Crippen LogP contribution < -0.4 is 5.32 Å². The van der Waals surface area contributed by atoms with E-state index in [2.05, 4.69) is 10.1 Å². The van der Waals surface area contributed by atoms with Gasteiger partial charge in [-0.15, -0.1) is 0 Å². The van der Waals surface area contributed by atoms with Gasteiger partial charge in [0.1, 0.15) is 11.6 Å². The van der Waals surface area contributed by atoms with Gasteiger partial charge in [-0.1, -0.05) is 44.2 Å². The van der Waals surface area contributed by atoms with Crippen LogP contribution in [0.2, 0.25) is 0 Å². The highest BCUT2D eigenvalue weighted by atomic mass is 16.7. The van der Waals surface area contributed by atoms with Gasteiger partial charge in [0.15, 0.2) is 0 Å². The molecule has 0 saturated heterocycles. The van der Waals surface area contributed by atoms with E-state index >= 15 is 0 Å². The summed E-state index contributed by atoms with van der Waals surface area (Å²) in [5.41, 5.74) is -0.0872. The fourth-order valence-electron chi connectivity index (χ4n) is 2.99. The number of nitrogens with one attached hydrogen (secondary N) is 1. The zero-order valence-corrected chi connectivity index (χ0v) is 18.8. The number of hydrogen-bond acceptors (Lipinski definition) is 6. The molecule has 1 rings (SSSR count). The molecule has 0 saturated carbocycles. The highest BCUT2D eigenvalue weighted by Gasteiger charge is 2.33. The quantitative estimate of drug-likeness (QED) is 0.551. The van der Waals surface area contributed by atoms with Crippen molar-refractivity contribution in [1.29, 1.82) is 0 Å². The third kappa shape index (κ3) is 8.41. The molecule has 0 heterocycles. The Morgan fingerprint density at radius 2 is 1.73 bits per heavy atom. The molecule has 0 bridgehead atoms. The molecule has 1 atom stereocenters. The predicted molar refractivity (Wildman–Crippen MR) is 113 cm³/mol. The second kappa shape index (κ2) is 12.2. The van der Waals surface area contributed by atoms with Crippen molar-refractivity contribution in [2.24, 2.45) is 5.92 Å². The molecule has 0 aliphatic rings. The number of methoxy groups -OCH3 is 2. The van der Waals surface area contributed by atoms with Crippen LogP contribution in [0.1, 0.15) is 33.3 Å². The molecule has 8 heteroatoms. The molecule has 0 fully saturated rings. The van der Waals surface area contributed by atoms with Crippen LogP contribution in [0.25, 0.3) is 0 Å². The summed E-state index contributed by atoms with van der Waals surface area (Å²) < 4.78 is 14.8. The number of nitrogens with zero attached hydrogens (tertiary/aromatic N) is 1. The second-order valence-corrected chi connectivity index (χ2v) is 7.96. The minimum absolute atomic E-state index is 0.0785. The van der Waals surface area contributed by atoms with Crippen LogP contribution in [0.5, 0.6) is 0 Å². The number of ether oxygens (including phenoxy) is 3. The van der Waals surface area contributed by atoms with Crippen molar-refractivity contribution < 1.29 is 28.6 Å². The SMILES string of the molecule is COCCN(C(=O)Cc1ccccc1)C(C(=O)NCC(C)(C)OC(=O)OC)C(C)C. The average molecular weight is 423 g/mol. The maximum Gasteiger partial charge on any atom is 0.508 e. The van der Waals surface area contributed by atoms with Crippen LogP contribution in [-0.2, 0) is 30.2 Å². The van der Waals surface area contributed by atoms with Gasteiger partial charge in [-0.05, 0) is 25.3 Å². The average Bonchev–Trinajstić information content (AvgIpc) is 2.69. The molecule has 1 unspecified atom stereocenters. The molecule has 0 aliphatic carbocycles. The summed E-state index contributed by atoms with van der Waals surface area (Å²) in [6.45, 7) is 7.78. The Morgan fingerprint density at radius 1 is 1.10 bits per heavy atom. The Labute approximate surface area is 178 Å². The summed E-state index contributed by atoms with van der Waals surface area (Å²) in [6, 6.07) is 8.70. The van der Waals surface area contributed by atoms with Crippen molar-refractivity contribution in [3.8, 4) is 0 Å². The van der Waals surface area contributed by atoms with Crippen molar-refractivity contribution in [2.75, 3.05) is 33.9 Å². The Morgan fingerprint density at radius 3 is 2.27 bits per heavy atom. The fraction of sp³-hybridized carbons (Fsp3) is 0.591. The Balaban J connectivity index is 2.94. The Hall–Kier alpha value is -2.61. The summed E-state index contributed by atoms with van der Waals surface area (Å²) >= 11 is 0. The van der Waals surface area contributed by atoms with Crippen molar-refractivity contribution >= 4 is 18.0 Å². The van der Waals surface area contributed by atoms with E-state index < -0.39 is 17.8 Å². The van der Waals surface area contributed by atoms with E-state index in [1.54, 1.807) is 25.9 Å². The number of carbonyl (C=O) groups is 3. The lowest BCUT2D eigenvalue weighted by molar-refractivity contribution is -0.143. The van der Waals surface area contributed by atoms with Gasteiger partial charge in [-0.25, -0.2) is 4.79 Å². The van der Waals surface area contributed by atoms with Crippen LogP contribution in [0, 0.1) is 5.92 Å². The molecule has 0 aliphatic heterocycles. The third-order valence-corrected chi connectivity index (χ3v) is 4.51. The minimum Gasteiger partial charge on any atom is -0.438 e. The first-order valence-electron chi connectivity index (χ1n) is 9.98. The highest BCUT2D eigenvalue weighted by Crippen LogP contribution is 2.15. The van der Waals surface area contributed by atoms with Crippen LogP contribution in [0.3, 0.4) is 0 Å². The van der Waals surface area contributed by atoms with Crippen molar-refractivity contribution in [3.63, 3.8) is 0 Å². The zero-order valence-electron chi connectivity index (χ0n) is 18.8. The Bertz CT molecular complexity index is 690. The Kier molecular flexibility index (Phi) is 10.3. The highest BCUT2D eigenvalue weighted by molar-refractivity contribution is 5.88. The molecule has 0 spiro atoms. The number of benzene rings is 1. The van der Waals surface area contributed by atoms with Crippen molar-refractivity contribution in [2.45, 2.75) is 45.8 Å². The van der Waals surface area contributed by atoms with E-state index in [4.69, 9.17) is 9.47 Å². The van der Waals surface area contributed by atoms with Gasteiger partial charge in [0.25, 0.3) is 0 Å². The summed E-state index contributed by atoms with van der Waals surface area (Å²) in [5.74, 6) is -0.604. The molecule has 0 aromatic heterocycles. The molecular formula is C22H34N2O6. The summed E-state index contributed by atoms with van der Waals surface area (Å²) in [7, 11) is 2.77. The van der Waals surface area contributed by atoms with Gasteiger partial charge in [0.05, 0.1) is 26.7 Å². The van der Waals surface area contributed by atoms with Crippen LogP contribution in [-0.4, -0.2) is 68.4 Å². The first kappa shape index (κ1) is 25.4. The van der Waals surface area contributed by atoms with Gasteiger partial charge in [-0.2, -0.15) is 0 Å². The lowest BCUT2D eigenvalue weighted by atomic mass is 9.99. The van der Waals surface area contributed by atoms with Crippen LogP contribution in [0.15, 0.2) is 30.3 Å². The molecule has 168 valence electrons. The lowest BCUT2D eigenvalue weighted by Gasteiger charge is -2.34. The first-order valence-corrected chi connectivity index (χ1v) is 9.98. The molecule has 30 heavy (non-hydrogen) atoms. The smallest absolute Gasteiger partial charge is 0.438 e. The summed E-state index contributed by atoms with van der Waals surface area (Å²) in [5, 5.41) is 2.80. The van der Waals surface area contributed by atoms with E-state index in [1.807, 2.05) is 44.2 Å². The molecule has 1 N–H and O–H groups in total. The van der Waals surface area contributed by atoms with Crippen LogP contribution in [0.4, 0.5) is 4.79 Å². The van der Waals surface area contributed by atoms with Gasteiger partial charge in [-0.3, -0.25) is 9.59 Å². The predicted octanol–water partition coefficient (Wildman–Crippen LogP) is 2.41. The second-order valence-electron chi connectivity index (χ2n) is 7.96. The first-order chi connectivity index (χ1) is 14.1. The minimum atomic E-state index is -0.963. The maximum atomic E-state index is 13.1. The topological polar surface area (TPSA) is 94.2 Å². The molecule has 1 aromatic carbocycles. The van der Waals surface area contributed by atoms with E-state index in [0.29, 0.717) is 13.2 Å². The molecule has 1 aromatic rings.